The Kier molecular flexibility index (Phi) is 15.4. The van der Waals surface area contributed by atoms with Crippen LogP contribution in [0.4, 0.5) is 0 Å². The lowest BCUT2D eigenvalue weighted by Crippen LogP contribution is -2.48. The van der Waals surface area contributed by atoms with Crippen LogP contribution in [0.2, 0.25) is 0 Å². The van der Waals surface area contributed by atoms with Crippen molar-refractivity contribution in [1.29, 1.82) is 0 Å². The van der Waals surface area contributed by atoms with E-state index < -0.39 is 12.2 Å². The number of carboxylic acid groups (broad SMARTS) is 1. The SMILES string of the molecule is CCC/C=C/C/C=C/CCCCCCCC(=O)OC(CCC(=O)[O-])[N+](C)(C)C. The fraction of sp³-hybridized carbons (Fsp3) is 0.739. The summed E-state index contributed by atoms with van der Waals surface area (Å²) in [4.78, 5) is 22.7. The number of nitrogens with zero attached hydrogens (tertiary/aromatic N) is 1. The molecule has 0 spiro atoms. The molecule has 0 aromatic carbocycles. The molecule has 0 fully saturated rings. The summed E-state index contributed by atoms with van der Waals surface area (Å²) >= 11 is 0. The minimum atomic E-state index is -1.11. The average Bonchev–Trinajstić information content (AvgIpc) is 2.61. The van der Waals surface area contributed by atoms with Gasteiger partial charge in [0, 0.05) is 18.8 Å². The first-order valence-electron chi connectivity index (χ1n) is 10.8. The Hall–Kier alpha value is -1.62. The summed E-state index contributed by atoms with van der Waals surface area (Å²) in [5, 5.41) is 10.7. The maximum atomic E-state index is 12.0. The molecule has 0 aromatic rings. The molecular formula is C23H41NO4. The number of esters is 1. The van der Waals surface area contributed by atoms with Crippen LogP contribution in [0.25, 0.3) is 0 Å². The van der Waals surface area contributed by atoms with Crippen LogP contribution in [0, 0.1) is 0 Å². The minimum absolute atomic E-state index is 0.100. The summed E-state index contributed by atoms with van der Waals surface area (Å²) in [6, 6.07) is 0. The Morgan fingerprint density at radius 2 is 1.50 bits per heavy atom. The van der Waals surface area contributed by atoms with Crippen LogP contribution >= 0.6 is 0 Å². The molecule has 0 heterocycles. The number of ether oxygens (including phenoxy) is 1. The quantitative estimate of drug-likeness (QED) is 0.122. The highest BCUT2D eigenvalue weighted by Gasteiger charge is 2.27. The van der Waals surface area contributed by atoms with E-state index in [9.17, 15) is 14.7 Å². The van der Waals surface area contributed by atoms with Crippen molar-refractivity contribution < 1.29 is 23.9 Å². The molecule has 0 amide bonds. The summed E-state index contributed by atoms with van der Waals surface area (Å²) in [6.45, 7) is 2.19. The van der Waals surface area contributed by atoms with Crippen molar-refractivity contribution in [2.24, 2.45) is 0 Å². The first kappa shape index (κ1) is 26.4. The molecule has 0 rings (SSSR count). The number of aliphatic carboxylic acids is 1. The molecule has 0 aliphatic rings. The maximum absolute atomic E-state index is 12.0. The van der Waals surface area contributed by atoms with Crippen molar-refractivity contribution in [3.05, 3.63) is 24.3 Å². The maximum Gasteiger partial charge on any atom is 0.310 e. The highest BCUT2D eigenvalue weighted by atomic mass is 16.6. The molecule has 0 aliphatic carbocycles. The molecule has 0 saturated carbocycles. The predicted molar refractivity (Wildman–Crippen MR) is 112 cm³/mol. The van der Waals surface area contributed by atoms with Crippen molar-refractivity contribution in [3.63, 3.8) is 0 Å². The third-order valence-electron chi connectivity index (χ3n) is 4.54. The monoisotopic (exact) mass is 395 g/mol. The van der Waals surface area contributed by atoms with Crippen LogP contribution in [0.1, 0.15) is 84.0 Å². The number of quaternary nitrogens is 1. The molecule has 0 bridgehead atoms. The fourth-order valence-corrected chi connectivity index (χ4v) is 2.79. The van der Waals surface area contributed by atoms with Gasteiger partial charge in [-0.2, -0.15) is 0 Å². The molecule has 5 heteroatoms. The number of unbranched alkanes of at least 4 members (excludes halogenated alkanes) is 6. The first-order chi connectivity index (χ1) is 13.3. The zero-order chi connectivity index (χ0) is 21.3. The normalized spacial score (nSPS) is 13.3. The highest BCUT2D eigenvalue weighted by molar-refractivity contribution is 5.69. The van der Waals surface area contributed by atoms with E-state index in [1.165, 1.54) is 19.3 Å². The number of carbonyl (C=O) groups is 2. The Balaban J connectivity index is 3.77. The van der Waals surface area contributed by atoms with Gasteiger partial charge < -0.3 is 14.6 Å². The third-order valence-corrected chi connectivity index (χ3v) is 4.54. The third kappa shape index (κ3) is 16.5. The van der Waals surface area contributed by atoms with Crippen LogP contribution in [-0.2, 0) is 14.3 Å². The zero-order valence-electron chi connectivity index (χ0n) is 18.5. The summed E-state index contributed by atoms with van der Waals surface area (Å²) in [5.41, 5.74) is 0. The number of hydrogen-bond acceptors (Lipinski definition) is 4. The molecular weight excluding hydrogens is 354 g/mol. The van der Waals surface area contributed by atoms with Gasteiger partial charge >= 0.3 is 5.97 Å². The van der Waals surface area contributed by atoms with Gasteiger partial charge in [-0.1, -0.05) is 56.9 Å². The van der Waals surface area contributed by atoms with Gasteiger partial charge in [0.1, 0.15) is 0 Å². The Bertz CT molecular complexity index is 477. The van der Waals surface area contributed by atoms with Crippen LogP contribution in [0.5, 0.6) is 0 Å². The van der Waals surface area contributed by atoms with E-state index in [2.05, 4.69) is 31.2 Å². The van der Waals surface area contributed by atoms with E-state index in [0.29, 0.717) is 10.9 Å². The highest BCUT2D eigenvalue weighted by Crippen LogP contribution is 2.14. The molecule has 1 unspecified atom stereocenters. The number of carbonyl (C=O) groups excluding carboxylic acids is 2. The fourth-order valence-electron chi connectivity index (χ4n) is 2.79. The smallest absolute Gasteiger partial charge is 0.310 e. The lowest BCUT2D eigenvalue weighted by atomic mass is 10.1. The van der Waals surface area contributed by atoms with Gasteiger partial charge in [0.05, 0.1) is 21.1 Å². The van der Waals surface area contributed by atoms with Gasteiger partial charge in [-0.05, 0) is 38.5 Å². The Labute approximate surface area is 172 Å². The summed E-state index contributed by atoms with van der Waals surface area (Å²) in [6.07, 6.45) is 18.9. The molecule has 0 aromatic heterocycles. The van der Waals surface area contributed by atoms with Crippen LogP contribution in [-0.4, -0.2) is 43.8 Å². The van der Waals surface area contributed by atoms with Gasteiger partial charge in [-0.25, -0.2) is 0 Å². The summed E-state index contributed by atoms with van der Waals surface area (Å²) < 4.78 is 5.89. The van der Waals surface area contributed by atoms with E-state index in [0.717, 1.165) is 38.5 Å². The van der Waals surface area contributed by atoms with Crippen LogP contribution in [0.3, 0.4) is 0 Å². The van der Waals surface area contributed by atoms with Gasteiger partial charge in [0.15, 0.2) is 0 Å². The summed E-state index contributed by atoms with van der Waals surface area (Å²) in [5.74, 6) is -1.35. The molecule has 0 saturated heterocycles. The van der Waals surface area contributed by atoms with Gasteiger partial charge in [0.2, 0.25) is 6.23 Å². The predicted octanol–water partition coefficient (Wildman–Crippen LogP) is 4.13. The van der Waals surface area contributed by atoms with E-state index >= 15 is 0 Å². The second kappa shape index (κ2) is 16.3. The topological polar surface area (TPSA) is 66.4 Å². The molecule has 1 atom stereocenters. The standard InChI is InChI=1S/C23H41NO4/c1-5-6-7-8-9-10-11-12-13-14-15-16-17-18-23(27)28-21(24(2,3)4)19-20-22(25)26/h7-8,10-11,21H,5-6,9,12-20H2,1-4H3/b8-7+,11-10+. The van der Waals surface area contributed by atoms with Crippen molar-refractivity contribution in [3.8, 4) is 0 Å². The van der Waals surface area contributed by atoms with Crippen LogP contribution in [0.15, 0.2) is 24.3 Å². The number of carboxylic acids is 1. The molecule has 5 nitrogen and oxygen atoms in total. The molecule has 0 N–H and O–H groups in total. The number of allylic oxidation sites excluding steroid dienone is 4. The Morgan fingerprint density at radius 3 is 2.11 bits per heavy atom. The zero-order valence-corrected chi connectivity index (χ0v) is 18.5. The molecule has 162 valence electrons. The van der Waals surface area contributed by atoms with Crippen molar-refractivity contribution in [2.75, 3.05) is 21.1 Å². The molecule has 0 aliphatic heterocycles. The van der Waals surface area contributed by atoms with Crippen molar-refractivity contribution in [2.45, 2.75) is 90.2 Å². The van der Waals surface area contributed by atoms with E-state index in [1.54, 1.807) is 0 Å². The van der Waals surface area contributed by atoms with E-state index in [1.807, 2.05) is 21.1 Å². The van der Waals surface area contributed by atoms with E-state index in [-0.39, 0.29) is 18.8 Å². The second-order valence-corrected chi connectivity index (χ2v) is 8.25. The number of rotatable bonds is 17. The van der Waals surface area contributed by atoms with Gasteiger partial charge in [-0.3, -0.25) is 9.28 Å². The lowest BCUT2D eigenvalue weighted by Gasteiger charge is -2.33. The van der Waals surface area contributed by atoms with E-state index in [4.69, 9.17) is 4.74 Å². The minimum Gasteiger partial charge on any atom is -0.550 e. The largest absolute Gasteiger partial charge is 0.550 e. The lowest BCUT2D eigenvalue weighted by molar-refractivity contribution is -0.917. The Morgan fingerprint density at radius 1 is 0.893 bits per heavy atom. The second-order valence-electron chi connectivity index (χ2n) is 8.25. The molecule has 0 radical (unpaired) electrons. The van der Waals surface area contributed by atoms with Crippen LogP contribution < -0.4 is 5.11 Å². The van der Waals surface area contributed by atoms with Gasteiger partial charge in [0.25, 0.3) is 0 Å². The van der Waals surface area contributed by atoms with Gasteiger partial charge in [-0.15, -0.1) is 0 Å². The first-order valence-corrected chi connectivity index (χ1v) is 10.8. The molecule has 28 heavy (non-hydrogen) atoms. The van der Waals surface area contributed by atoms with Crippen molar-refractivity contribution >= 4 is 11.9 Å². The summed E-state index contributed by atoms with van der Waals surface area (Å²) in [7, 11) is 5.68. The van der Waals surface area contributed by atoms with Crippen molar-refractivity contribution in [1.82, 2.24) is 0 Å². The number of hydrogen-bond donors (Lipinski definition) is 0. The average molecular weight is 396 g/mol.